The second kappa shape index (κ2) is 2.37. The van der Waals surface area contributed by atoms with Crippen LogP contribution in [-0.2, 0) is 0 Å². The van der Waals surface area contributed by atoms with E-state index in [1.807, 2.05) is 18.5 Å². The number of nitrogens with one attached hydrogen (secondary N) is 2. The van der Waals surface area contributed by atoms with Crippen molar-refractivity contribution in [2.75, 3.05) is 17.2 Å². The smallest absolute Gasteiger partial charge is 0.0766 e. The highest BCUT2D eigenvalue weighted by molar-refractivity contribution is 5.69. The summed E-state index contributed by atoms with van der Waals surface area (Å²) in [6.45, 7) is 1.07. The summed E-state index contributed by atoms with van der Waals surface area (Å²) in [5, 5.41) is 7.00. The third-order valence-electron chi connectivity index (χ3n) is 2.99. The van der Waals surface area contributed by atoms with Crippen molar-refractivity contribution in [3.63, 3.8) is 0 Å². The van der Waals surface area contributed by atoms with E-state index in [0.29, 0.717) is 5.54 Å². The van der Waals surface area contributed by atoms with Crippen molar-refractivity contribution in [2.24, 2.45) is 0 Å². The van der Waals surface area contributed by atoms with E-state index in [4.69, 9.17) is 0 Å². The Kier molecular flexibility index (Phi) is 1.31. The van der Waals surface area contributed by atoms with Crippen LogP contribution in [0.5, 0.6) is 0 Å². The predicted molar refractivity (Wildman–Crippen MR) is 52.9 cm³/mol. The molecule has 2 aliphatic rings. The fourth-order valence-corrected chi connectivity index (χ4v) is 1.96. The average molecular weight is 175 g/mol. The van der Waals surface area contributed by atoms with E-state index in [0.717, 1.165) is 12.2 Å². The maximum Gasteiger partial charge on any atom is 0.0766 e. The van der Waals surface area contributed by atoms with Crippen LogP contribution in [0.2, 0.25) is 0 Å². The van der Waals surface area contributed by atoms with Gasteiger partial charge in [0.2, 0.25) is 0 Å². The minimum Gasteiger partial charge on any atom is -0.383 e. The molecule has 2 heterocycles. The molecule has 1 aromatic heterocycles. The molecular weight excluding hydrogens is 162 g/mol. The van der Waals surface area contributed by atoms with Gasteiger partial charge in [-0.1, -0.05) is 0 Å². The number of hydrogen-bond donors (Lipinski definition) is 2. The maximum atomic E-state index is 4.13. The summed E-state index contributed by atoms with van der Waals surface area (Å²) >= 11 is 0. The molecule has 1 aromatic rings. The molecule has 3 heteroatoms. The molecule has 1 aliphatic carbocycles. The molecule has 0 atom stereocenters. The van der Waals surface area contributed by atoms with E-state index in [9.17, 15) is 0 Å². The minimum atomic E-state index is 0.404. The van der Waals surface area contributed by atoms with Crippen molar-refractivity contribution in [2.45, 2.75) is 24.8 Å². The SMILES string of the molecule is c1cc2c(cn1)NC1(CCN2)CC1. The third-order valence-corrected chi connectivity index (χ3v) is 2.99. The van der Waals surface area contributed by atoms with Crippen molar-refractivity contribution in [1.82, 2.24) is 4.98 Å². The van der Waals surface area contributed by atoms with E-state index in [-0.39, 0.29) is 0 Å². The monoisotopic (exact) mass is 175 g/mol. The molecule has 0 bridgehead atoms. The Morgan fingerprint density at radius 1 is 1.23 bits per heavy atom. The molecule has 2 N–H and O–H groups in total. The summed E-state index contributed by atoms with van der Waals surface area (Å²) in [6, 6.07) is 2.03. The number of fused-ring (bicyclic) bond motifs is 1. The number of rotatable bonds is 0. The van der Waals surface area contributed by atoms with Gasteiger partial charge in [-0.3, -0.25) is 4.98 Å². The average Bonchev–Trinajstić information content (AvgIpc) is 2.92. The molecule has 3 rings (SSSR count). The first-order chi connectivity index (χ1) is 6.38. The summed E-state index contributed by atoms with van der Waals surface area (Å²) in [7, 11) is 0. The standard InChI is InChI=1S/C10H13N3/c1-5-11-7-9-8(1)12-6-4-10(13-9)2-3-10/h1,5,7,12-13H,2-4,6H2. The van der Waals surface area contributed by atoms with Gasteiger partial charge in [0.25, 0.3) is 0 Å². The van der Waals surface area contributed by atoms with Crippen LogP contribution >= 0.6 is 0 Å². The van der Waals surface area contributed by atoms with Gasteiger partial charge in [-0.15, -0.1) is 0 Å². The van der Waals surface area contributed by atoms with Crippen LogP contribution in [0.15, 0.2) is 18.5 Å². The zero-order valence-electron chi connectivity index (χ0n) is 7.51. The molecule has 1 spiro atoms. The van der Waals surface area contributed by atoms with Crippen LogP contribution in [0.1, 0.15) is 19.3 Å². The lowest BCUT2D eigenvalue weighted by molar-refractivity contribution is 0.687. The van der Waals surface area contributed by atoms with Gasteiger partial charge < -0.3 is 10.6 Å². The van der Waals surface area contributed by atoms with Crippen LogP contribution in [-0.4, -0.2) is 17.1 Å². The normalized spacial score (nSPS) is 22.5. The Hall–Kier alpha value is -1.25. The van der Waals surface area contributed by atoms with Crippen molar-refractivity contribution in [3.05, 3.63) is 18.5 Å². The highest BCUT2D eigenvalue weighted by Crippen LogP contribution is 2.44. The van der Waals surface area contributed by atoms with Crippen molar-refractivity contribution in [1.29, 1.82) is 0 Å². The van der Waals surface area contributed by atoms with Gasteiger partial charge in [-0.2, -0.15) is 0 Å². The molecule has 13 heavy (non-hydrogen) atoms. The summed E-state index contributed by atoms with van der Waals surface area (Å²) in [5.74, 6) is 0. The number of aromatic nitrogens is 1. The van der Waals surface area contributed by atoms with Crippen LogP contribution in [0.3, 0.4) is 0 Å². The Morgan fingerprint density at radius 2 is 2.15 bits per heavy atom. The van der Waals surface area contributed by atoms with Gasteiger partial charge in [0.1, 0.15) is 0 Å². The summed E-state index contributed by atoms with van der Waals surface area (Å²) < 4.78 is 0. The zero-order valence-corrected chi connectivity index (χ0v) is 7.51. The van der Waals surface area contributed by atoms with Gasteiger partial charge in [0.15, 0.2) is 0 Å². The summed E-state index contributed by atoms with van der Waals surface area (Å²) in [4.78, 5) is 4.13. The number of pyridine rings is 1. The fraction of sp³-hybridized carbons (Fsp3) is 0.500. The predicted octanol–water partition coefficient (Wildman–Crippen LogP) is 1.84. The number of hydrogen-bond acceptors (Lipinski definition) is 3. The molecule has 0 aromatic carbocycles. The van der Waals surface area contributed by atoms with E-state index in [1.165, 1.54) is 24.9 Å². The topological polar surface area (TPSA) is 37.0 Å². The van der Waals surface area contributed by atoms with Crippen LogP contribution < -0.4 is 10.6 Å². The van der Waals surface area contributed by atoms with Crippen molar-refractivity contribution in [3.8, 4) is 0 Å². The summed E-state index contributed by atoms with van der Waals surface area (Å²) in [5.41, 5.74) is 2.76. The quantitative estimate of drug-likeness (QED) is 0.631. The van der Waals surface area contributed by atoms with Gasteiger partial charge >= 0.3 is 0 Å². The first-order valence-corrected chi connectivity index (χ1v) is 4.84. The Bertz CT molecular complexity index is 331. The van der Waals surface area contributed by atoms with Crippen LogP contribution in [0, 0.1) is 0 Å². The molecule has 0 radical (unpaired) electrons. The molecule has 0 saturated heterocycles. The van der Waals surface area contributed by atoms with Gasteiger partial charge in [-0.25, -0.2) is 0 Å². The van der Waals surface area contributed by atoms with E-state index in [2.05, 4.69) is 15.6 Å². The van der Waals surface area contributed by atoms with Crippen LogP contribution in [0.25, 0.3) is 0 Å². The van der Waals surface area contributed by atoms with Crippen molar-refractivity contribution < 1.29 is 0 Å². The number of anilines is 2. The minimum absolute atomic E-state index is 0.404. The summed E-state index contributed by atoms with van der Waals surface area (Å²) in [6.07, 6.45) is 7.58. The second-order valence-corrected chi connectivity index (χ2v) is 4.00. The molecule has 0 unspecified atom stereocenters. The molecule has 68 valence electrons. The fourth-order valence-electron chi connectivity index (χ4n) is 1.96. The molecule has 0 amide bonds. The first kappa shape index (κ1) is 7.18. The Morgan fingerprint density at radius 3 is 3.00 bits per heavy atom. The molecular formula is C10H13N3. The molecule has 1 saturated carbocycles. The Balaban J connectivity index is 1.99. The van der Waals surface area contributed by atoms with Crippen LogP contribution in [0.4, 0.5) is 11.4 Å². The van der Waals surface area contributed by atoms with Gasteiger partial charge in [-0.05, 0) is 25.3 Å². The lowest BCUT2D eigenvalue weighted by atomic mass is 10.2. The lowest BCUT2D eigenvalue weighted by Gasteiger charge is -2.14. The van der Waals surface area contributed by atoms with E-state index >= 15 is 0 Å². The highest BCUT2D eigenvalue weighted by atomic mass is 15.1. The number of nitrogens with zero attached hydrogens (tertiary/aromatic N) is 1. The van der Waals surface area contributed by atoms with Crippen molar-refractivity contribution >= 4 is 11.4 Å². The van der Waals surface area contributed by atoms with E-state index in [1.54, 1.807) is 0 Å². The third kappa shape index (κ3) is 1.15. The molecule has 1 fully saturated rings. The molecule has 3 nitrogen and oxygen atoms in total. The van der Waals surface area contributed by atoms with Gasteiger partial charge in [0, 0.05) is 18.3 Å². The first-order valence-electron chi connectivity index (χ1n) is 4.84. The molecule has 1 aliphatic heterocycles. The zero-order chi connectivity index (χ0) is 8.73. The maximum absolute atomic E-state index is 4.13. The Labute approximate surface area is 77.6 Å². The van der Waals surface area contributed by atoms with E-state index < -0.39 is 0 Å². The highest BCUT2D eigenvalue weighted by Gasteiger charge is 2.43. The van der Waals surface area contributed by atoms with Gasteiger partial charge in [0.05, 0.1) is 17.6 Å². The largest absolute Gasteiger partial charge is 0.383 e. The lowest BCUT2D eigenvalue weighted by Crippen LogP contribution is -2.21. The second-order valence-electron chi connectivity index (χ2n) is 4.00.